The number of halogens is 2. The molecule has 2 aromatic carbocycles. The highest BCUT2D eigenvalue weighted by Gasteiger charge is 2.06. The monoisotopic (exact) mass is 438 g/mol. The zero-order valence-electron chi connectivity index (χ0n) is 12.7. The molecule has 0 aromatic heterocycles. The highest BCUT2D eigenvalue weighted by Crippen LogP contribution is 2.30. The second-order valence-electron chi connectivity index (χ2n) is 5.21. The van der Waals surface area contributed by atoms with E-state index in [0.29, 0.717) is 10.0 Å². The van der Waals surface area contributed by atoms with Crippen LogP contribution in [0.5, 0.6) is 5.75 Å². The van der Waals surface area contributed by atoms with Crippen LogP contribution in [0.3, 0.4) is 0 Å². The number of aryl methyl sites for hydroxylation is 2. The van der Waals surface area contributed by atoms with E-state index in [-0.39, 0.29) is 18.1 Å². The van der Waals surface area contributed by atoms with Gasteiger partial charge in [0.25, 0.3) is 0 Å². The second kappa shape index (κ2) is 7.75. The summed E-state index contributed by atoms with van der Waals surface area (Å²) < 4.78 is 1.35. The van der Waals surface area contributed by atoms with Gasteiger partial charge in [0, 0.05) is 10.0 Å². The molecule has 6 heteroatoms. The van der Waals surface area contributed by atoms with E-state index in [2.05, 4.69) is 42.4 Å². The molecule has 0 fully saturated rings. The number of hydrogen-bond donors (Lipinski definition) is 2. The third-order valence-corrected chi connectivity index (χ3v) is 4.45. The highest BCUT2D eigenvalue weighted by molar-refractivity contribution is 9.11. The first-order chi connectivity index (χ1) is 10.9. The molecule has 0 spiro atoms. The van der Waals surface area contributed by atoms with Crippen molar-refractivity contribution in [3.8, 4) is 5.75 Å². The Bertz CT molecular complexity index is 773. The predicted molar refractivity (Wildman–Crippen MR) is 98.9 cm³/mol. The average molecular weight is 440 g/mol. The van der Waals surface area contributed by atoms with E-state index in [4.69, 9.17) is 0 Å². The summed E-state index contributed by atoms with van der Waals surface area (Å²) in [5, 5.41) is 13.8. The van der Waals surface area contributed by atoms with Gasteiger partial charge in [-0.05, 0) is 58.6 Å². The maximum Gasteiger partial charge on any atom is 0.244 e. The Balaban J connectivity index is 2.00. The van der Waals surface area contributed by atoms with Crippen LogP contribution in [0.25, 0.3) is 0 Å². The minimum Gasteiger partial charge on any atom is -0.506 e. The molecule has 0 saturated heterocycles. The summed E-state index contributed by atoms with van der Waals surface area (Å²) in [6.45, 7) is 4.05. The summed E-state index contributed by atoms with van der Waals surface area (Å²) in [6.07, 6.45) is 1.66. The maximum atomic E-state index is 11.9. The Labute approximate surface area is 151 Å². The second-order valence-corrected chi connectivity index (χ2v) is 6.98. The molecule has 2 rings (SSSR count). The minimum atomic E-state index is -0.210. The van der Waals surface area contributed by atoms with Gasteiger partial charge in [0.15, 0.2) is 0 Å². The molecule has 120 valence electrons. The number of carbonyl (C=O) groups is 1. The molecular formula is C17H16Br2N2O2. The smallest absolute Gasteiger partial charge is 0.244 e. The predicted octanol–water partition coefficient (Wildman–Crippen LogP) is 4.23. The van der Waals surface area contributed by atoms with Crippen LogP contribution in [-0.2, 0) is 11.2 Å². The van der Waals surface area contributed by atoms with Crippen LogP contribution in [0.1, 0.15) is 22.3 Å². The number of hydrazone groups is 1. The molecule has 4 nitrogen and oxygen atoms in total. The van der Waals surface area contributed by atoms with Gasteiger partial charge in [0.2, 0.25) is 5.91 Å². The van der Waals surface area contributed by atoms with E-state index in [9.17, 15) is 9.90 Å². The summed E-state index contributed by atoms with van der Waals surface area (Å²) in [4.78, 5) is 11.9. The van der Waals surface area contributed by atoms with Gasteiger partial charge in [-0.2, -0.15) is 5.10 Å². The number of phenolic OH excluding ortho intramolecular Hbond substituents is 1. The third kappa shape index (κ3) is 4.91. The molecule has 0 radical (unpaired) electrons. The van der Waals surface area contributed by atoms with Crippen molar-refractivity contribution < 1.29 is 9.90 Å². The number of rotatable bonds is 4. The van der Waals surface area contributed by atoms with E-state index in [1.54, 1.807) is 12.1 Å². The molecule has 0 aliphatic heterocycles. The summed E-state index contributed by atoms with van der Waals surface area (Å²) in [7, 11) is 0. The molecule has 23 heavy (non-hydrogen) atoms. The lowest BCUT2D eigenvalue weighted by Crippen LogP contribution is -2.19. The largest absolute Gasteiger partial charge is 0.506 e. The van der Waals surface area contributed by atoms with Gasteiger partial charge in [0.05, 0.1) is 17.1 Å². The number of phenols is 1. The van der Waals surface area contributed by atoms with Crippen LogP contribution in [0.2, 0.25) is 0 Å². The number of nitrogens with zero attached hydrogens (tertiary/aromatic N) is 1. The Morgan fingerprint density at radius 2 is 1.96 bits per heavy atom. The standard InChI is InChI=1S/C17H16Br2N2O2/c1-10-3-4-12(5-11(10)2)6-16(22)21-20-9-13-7-14(18)8-15(19)17(13)23/h3-5,7-9,23H,6H2,1-2H3,(H,21,22)/b20-9-. The topological polar surface area (TPSA) is 61.7 Å². The number of nitrogens with one attached hydrogen (secondary N) is 1. The van der Waals surface area contributed by atoms with Crippen molar-refractivity contribution in [2.24, 2.45) is 5.10 Å². The minimum absolute atomic E-state index is 0.0698. The fraction of sp³-hybridized carbons (Fsp3) is 0.176. The summed E-state index contributed by atoms with van der Waals surface area (Å²) >= 11 is 6.58. The maximum absolute atomic E-state index is 11.9. The summed E-state index contributed by atoms with van der Waals surface area (Å²) in [6, 6.07) is 9.36. The van der Waals surface area contributed by atoms with E-state index < -0.39 is 0 Å². The molecular weight excluding hydrogens is 424 g/mol. The van der Waals surface area contributed by atoms with Crippen molar-refractivity contribution in [3.63, 3.8) is 0 Å². The van der Waals surface area contributed by atoms with Crippen molar-refractivity contribution in [2.75, 3.05) is 0 Å². The van der Waals surface area contributed by atoms with Gasteiger partial charge >= 0.3 is 0 Å². The molecule has 2 N–H and O–H groups in total. The fourth-order valence-electron chi connectivity index (χ4n) is 2.00. The first-order valence-electron chi connectivity index (χ1n) is 6.93. The van der Waals surface area contributed by atoms with Crippen LogP contribution in [-0.4, -0.2) is 17.2 Å². The van der Waals surface area contributed by atoms with Gasteiger partial charge in [-0.25, -0.2) is 5.43 Å². The number of benzene rings is 2. The SMILES string of the molecule is Cc1ccc(CC(=O)N/N=C\c2cc(Br)cc(Br)c2O)cc1C. The first-order valence-corrected chi connectivity index (χ1v) is 8.51. The quantitative estimate of drug-likeness (QED) is 0.553. The molecule has 0 aliphatic rings. The normalized spacial score (nSPS) is 11.0. The molecule has 0 aliphatic carbocycles. The van der Waals surface area contributed by atoms with E-state index in [0.717, 1.165) is 15.6 Å². The Morgan fingerprint density at radius 1 is 1.22 bits per heavy atom. The first kappa shape index (κ1) is 17.7. The number of hydrogen-bond acceptors (Lipinski definition) is 3. The van der Waals surface area contributed by atoms with Crippen molar-refractivity contribution in [1.29, 1.82) is 0 Å². The van der Waals surface area contributed by atoms with Gasteiger partial charge < -0.3 is 5.11 Å². The Hall–Kier alpha value is -1.66. The van der Waals surface area contributed by atoms with Crippen molar-refractivity contribution >= 4 is 44.0 Å². The molecule has 0 heterocycles. The van der Waals surface area contributed by atoms with Crippen LogP contribution >= 0.6 is 31.9 Å². The van der Waals surface area contributed by atoms with E-state index in [1.807, 2.05) is 32.0 Å². The Morgan fingerprint density at radius 3 is 2.65 bits per heavy atom. The number of carbonyl (C=O) groups excluding carboxylic acids is 1. The van der Waals surface area contributed by atoms with Crippen molar-refractivity contribution in [1.82, 2.24) is 5.43 Å². The fourth-order valence-corrected chi connectivity index (χ4v) is 3.25. The molecule has 2 aromatic rings. The van der Waals surface area contributed by atoms with Crippen LogP contribution in [0.4, 0.5) is 0 Å². The molecule has 0 unspecified atom stereocenters. The van der Waals surface area contributed by atoms with Gasteiger partial charge in [0.1, 0.15) is 5.75 Å². The number of aromatic hydroxyl groups is 1. The van der Waals surface area contributed by atoms with Gasteiger partial charge in [-0.1, -0.05) is 34.1 Å². The molecule has 0 saturated carbocycles. The van der Waals surface area contributed by atoms with Crippen LogP contribution in [0, 0.1) is 13.8 Å². The third-order valence-electron chi connectivity index (χ3n) is 3.39. The van der Waals surface area contributed by atoms with Crippen molar-refractivity contribution in [2.45, 2.75) is 20.3 Å². The van der Waals surface area contributed by atoms with Crippen LogP contribution in [0.15, 0.2) is 44.4 Å². The summed E-state index contributed by atoms with van der Waals surface area (Å²) in [5.74, 6) is -0.140. The lowest BCUT2D eigenvalue weighted by atomic mass is 10.0. The van der Waals surface area contributed by atoms with Gasteiger partial charge in [-0.15, -0.1) is 0 Å². The zero-order valence-corrected chi connectivity index (χ0v) is 15.9. The van der Waals surface area contributed by atoms with Crippen LogP contribution < -0.4 is 5.43 Å². The zero-order chi connectivity index (χ0) is 17.0. The Kier molecular flexibility index (Phi) is 5.96. The highest BCUT2D eigenvalue weighted by atomic mass is 79.9. The molecule has 0 atom stereocenters. The summed E-state index contributed by atoms with van der Waals surface area (Å²) in [5.41, 5.74) is 6.26. The lowest BCUT2D eigenvalue weighted by Gasteiger charge is -2.05. The molecule has 1 amide bonds. The van der Waals surface area contributed by atoms with Crippen molar-refractivity contribution in [3.05, 3.63) is 61.5 Å². The lowest BCUT2D eigenvalue weighted by molar-refractivity contribution is -0.120. The van der Waals surface area contributed by atoms with E-state index >= 15 is 0 Å². The molecule has 0 bridgehead atoms. The van der Waals surface area contributed by atoms with E-state index in [1.165, 1.54) is 11.8 Å². The van der Waals surface area contributed by atoms with Gasteiger partial charge in [-0.3, -0.25) is 4.79 Å². The average Bonchev–Trinajstić information content (AvgIpc) is 2.48. The number of amides is 1.